The lowest BCUT2D eigenvalue weighted by Crippen LogP contribution is -2.32. The summed E-state index contributed by atoms with van der Waals surface area (Å²) in [7, 11) is 0. The summed E-state index contributed by atoms with van der Waals surface area (Å²) in [6.45, 7) is 3.66. The molecule has 1 aromatic carbocycles. The van der Waals surface area contributed by atoms with Gasteiger partial charge < -0.3 is 11.1 Å². The van der Waals surface area contributed by atoms with Crippen LogP contribution in [0.2, 0.25) is 5.02 Å². The first-order chi connectivity index (χ1) is 9.12. The minimum atomic E-state index is -4.59. The standard InChI is InChI=1S/C13H16ClF3N2O/c1-7(2)10(18)6-11(20)19-12-8(13(15,16)17)4-3-5-9(12)14/h3-5,7,10H,6,18H2,1-2H3,(H,19,20). The van der Waals surface area contributed by atoms with Gasteiger partial charge in [0.1, 0.15) is 0 Å². The van der Waals surface area contributed by atoms with Crippen LogP contribution in [0.1, 0.15) is 25.8 Å². The van der Waals surface area contributed by atoms with E-state index in [9.17, 15) is 18.0 Å². The van der Waals surface area contributed by atoms with Gasteiger partial charge in [-0.25, -0.2) is 0 Å². The zero-order valence-corrected chi connectivity index (χ0v) is 11.8. The quantitative estimate of drug-likeness (QED) is 0.891. The molecule has 0 saturated heterocycles. The third-order valence-corrected chi connectivity index (χ3v) is 3.18. The highest BCUT2D eigenvalue weighted by Crippen LogP contribution is 2.38. The van der Waals surface area contributed by atoms with E-state index in [0.717, 1.165) is 6.07 Å². The van der Waals surface area contributed by atoms with Crippen molar-refractivity contribution in [2.24, 2.45) is 11.7 Å². The summed E-state index contributed by atoms with van der Waals surface area (Å²) < 4.78 is 38.5. The SMILES string of the molecule is CC(C)C(N)CC(=O)Nc1c(Cl)cccc1C(F)(F)F. The highest BCUT2D eigenvalue weighted by molar-refractivity contribution is 6.34. The Hall–Kier alpha value is -1.27. The Labute approximate surface area is 120 Å². The van der Waals surface area contributed by atoms with E-state index in [1.807, 2.05) is 13.8 Å². The van der Waals surface area contributed by atoms with Crippen molar-refractivity contribution in [2.45, 2.75) is 32.5 Å². The first-order valence-corrected chi connectivity index (χ1v) is 6.42. The van der Waals surface area contributed by atoms with Gasteiger partial charge in [-0.1, -0.05) is 31.5 Å². The molecule has 7 heteroatoms. The molecule has 0 aromatic heterocycles. The second-order valence-corrected chi connectivity index (χ2v) is 5.23. The number of halogens is 4. The van der Waals surface area contributed by atoms with Crippen LogP contribution in [0.4, 0.5) is 18.9 Å². The van der Waals surface area contributed by atoms with Crippen molar-refractivity contribution >= 4 is 23.2 Å². The largest absolute Gasteiger partial charge is 0.418 e. The number of amides is 1. The summed E-state index contributed by atoms with van der Waals surface area (Å²) in [5, 5.41) is 2.04. The van der Waals surface area contributed by atoms with Gasteiger partial charge in [-0.2, -0.15) is 13.2 Å². The maximum Gasteiger partial charge on any atom is 0.418 e. The maximum absolute atomic E-state index is 12.8. The molecule has 0 fully saturated rings. The van der Waals surface area contributed by atoms with Crippen LogP contribution < -0.4 is 11.1 Å². The molecular weight excluding hydrogens is 293 g/mol. The van der Waals surface area contributed by atoms with Crippen LogP contribution in [0.25, 0.3) is 0 Å². The predicted octanol–water partition coefficient (Wildman–Crippen LogP) is 3.67. The number of nitrogens with two attached hydrogens (primary N) is 1. The Morgan fingerprint density at radius 1 is 1.40 bits per heavy atom. The summed E-state index contributed by atoms with van der Waals surface area (Å²) in [5.41, 5.74) is 4.31. The van der Waals surface area contributed by atoms with Crippen LogP contribution in [-0.2, 0) is 11.0 Å². The molecule has 1 rings (SSSR count). The fourth-order valence-corrected chi connectivity index (χ4v) is 1.75. The molecular formula is C13H16ClF3N2O. The zero-order chi connectivity index (χ0) is 15.5. The summed E-state index contributed by atoms with van der Waals surface area (Å²) in [6, 6.07) is 2.91. The highest BCUT2D eigenvalue weighted by Gasteiger charge is 2.34. The van der Waals surface area contributed by atoms with Crippen LogP contribution in [0, 0.1) is 5.92 Å². The molecule has 1 atom stereocenters. The average Bonchev–Trinajstić information content (AvgIpc) is 2.29. The molecule has 0 saturated carbocycles. The van der Waals surface area contributed by atoms with E-state index in [0.29, 0.717) is 0 Å². The molecule has 0 heterocycles. The summed E-state index contributed by atoms with van der Waals surface area (Å²) >= 11 is 5.73. The number of alkyl halides is 3. The summed E-state index contributed by atoms with van der Waals surface area (Å²) in [4.78, 5) is 11.7. The molecule has 0 spiro atoms. The van der Waals surface area contributed by atoms with Gasteiger partial charge in [-0.05, 0) is 18.1 Å². The van der Waals surface area contributed by atoms with Crippen molar-refractivity contribution in [3.63, 3.8) is 0 Å². The van der Waals surface area contributed by atoms with Crippen LogP contribution >= 0.6 is 11.6 Å². The summed E-state index contributed by atoms with van der Waals surface area (Å²) in [6.07, 6.45) is -4.66. The van der Waals surface area contributed by atoms with Crippen molar-refractivity contribution in [2.75, 3.05) is 5.32 Å². The molecule has 0 bridgehead atoms. The topological polar surface area (TPSA) is 55.1 Å². The number of para-hydroxylation sites is 1. The van der Waals surface area contributed by atoms with E-state index in [4.69, 9.17) is 17.3 Å². The third kappa shape index (κ3) is 4.38. The number of rotatable bonds is 4. The van der Waals surface area contributed by atoms with E-state index in [1.54, 1.807) is 0 Å². The van der Waals surface area contributed by atoms with Gasteiger partial charge in [-0.15, -0.1) is 0 Å². The molecule has 1 aromatic rings. The molecule has 0 radical (unpaired) electrons. The van der Waals surface area contributed by atoms with Crippen molar-refractivity contribution in [1.29, 1.82) is 0 Å². The van der Waals surface area contributed by atoms with Crippen LogP contribution in [0.15, 0.2) is 18.2 Å². The fourth-order valence-electron chi connectivity index (χ4n) is 1.53. The molecule has 1 amide bonds. The van der Waals surface area contributed by atoms with Crippen molar-refractivity contribution < 1.29 is 18.0 Å². The second-order valence-electron chi connectivity index (χ2n) is 4.82. The van der Waals surface area contributed by atoms with Gasteiger partial charge in [0.2, 0.25) is 5.91 Å². The van der Waals surface area contributed by atoms with Gasteiger partial charge in [0.15, 0.2) is 0 Å². The van der Waals surface area contributed by atoms with Crippen molar-refractivity contribution in [1.82, 2.24) is 0 Å². The van der Waals surface area contributed by atoms with E-state index >= 15 is 0 Å². The minimum absolute atomic E-state index is 0.0501. The Bertz CT molecular complexity index is 489. The number of carbonyl (C=O) groups is 1. The lowest BCUT2D eigenvalue weighted by Gasteiger charge is -2.18. The number of hydrogen-bond donors (Lipinski definition) is 2. The Morgan fingerprint density at radius 2 is 2.00 bits per heavy atom. The smallest absolute Gasteiger partial charge is 0.327 e. The van der Waals surface area contributed by atoms with Crippen molar-refractivity contribution in [3.8, 4) is 0 Å². The zero-order valence-electron chi connectivity index (χ0n) is 11.1. The van der Waals surface area contributed by atoms with Crippen LogP contribution in [0.3, 0.4) is 0 Å². The normalized spacial score (nSPS) is 13.4. The van der Waals surface area contributed by atoms with Crippen LogP contribution in [0.5, 0.6) is 0 Å². The van der Waals surface area contributed by atoms with Gasteiger partial charge >= 0.3 is 6.18 Å². The Morgan fingerprint density at radius 3 is 2.50 bits per heavy atom. The number of benzene rings is 1. The highest BCUT2D eigenvalue weighted by atomic mass is 35.5. The maximum atomic E-state index is 12.8. The summed E-state index contributed by atoms with van der Waals surface area (Å²) in [5.74, 6) is -0.543. The van der Waals surface area contributed by atoms with Gasteiger partial charge in [0.25, 0.3) is 0 Å². The molecule has 0 aliphatic rings. The molecule has 3 nitrogen and oxygen atoms in total. The lowest BCUT2D eigenvalue weighted by molar-refractivity contribution is -0.137. The molecule has 112 valence electrons. The first kappa shape index (κ1) is 16.8. The fraction of sp³-hybridized carbons (Fsp3) is 0.462. The lowest BCUT2D eigenvalue weighted by atomic mass is 10.0. The number of carbonyl (C=O) groups excluding carboxylic acids is 1. The molecule has 20 heavy (non-hydrogen) atoms. The predicted molar refractivity (Wildman–Crippen MR) is 72.5 cm³/mol. The van der Waals surface area contributed by atoms with Crippen LogP contribution in [-0.4, -0.2) is 11.9 Å². The number of hydrogen-bond acceptors (Lipinski definition) is 2. The van der Waals surface area contributed by atoms with Gasteiger partial charge in [-0.3, -0.25) is 4.79 Å². The number of anilines is 1. The molecule has 0 aliphatic carbocycles. The minimum Gasteiger partial charge on any atom is -0.327 e. The van der Waals surface area contributed by atoms with E-state index in [1.165, 1.54) is 12.1 Å². The third-order valence-electron chi connectivity index (χ3n) is 2.86. The van der Waals surface area contributed by atoms with E-state index in [-0.39, 0.29) is 17.4 Å². The van der Waals surface area contributed by atoms with E-state index < -0.39 is 29.4 Å². The Balaban J connectivity index is 2.95. The second kappa shape index (κ2) is 6.45. The Kier molecular flexibility index (Phi) is 5.42. The van der Waals surface area contributed by atoms with Gasteiger partial charge in [0, 0.05) is 12.5 Å². The molecule has 1 unspecified atom stereocenters. The number of nitrogens with one attached hydrogen (secondary N) is 1. The molecule has 0 aliphatic heterocycles. The van der Waals surface area contributed by atoms with Crippen molar-refractivity contribution in [3.05, 3.63) is 28.8 Å². The monoisotopic (exact) mass is 308 g/mol. The first-order valence-electron chi connectivity index (χ1n) is 6.04. The molecule has 3 N–H and O–H groups in total. The average molecular weight is 309 g/mol. The van der Waals surface area contributed by atoms with Gasteiger partial charge in [0.05, 0.1) is 16.3 Å². The van der Waals surface area contributed by atoms with E-state index in [2.05, 4.69) is 5.32 Å².